The first kappa shape index (κ1) is 13.4. The second-order valence-electron chi connectivity index (χ2n) is 2.97. The number of hydrogen-bond donors (Lipinski definition) is 4. The first-order valence-electron chi connectivity index (χ1n) is 4.68. The van der Waals surface area contributed by atoms with Gasteiger partial charge in [0.05, 0.1) is 0 Å². The molecule has 0 fully saturated rings. The molecule has 4 N–H and O–H groups in total. The summed E-state index contributed by atoms with van der Waals surface area (Å²) in [5.74, 6) is 2.65. The maximum atomic E-state index is 8.46. The first-order valence-corrected chi connectivity index (χ1v) is 4.68. The van der Waals surface area contributed by atoms with Crippen molar-refractivity contribution in [1.82, 2.24) is 0 Å². The fraction of sp³-hybridized carbons (Fsp3) is 0.500. The molecule has 0 spiro atoms. The van der Waals surface area contributed by atoms with E-state index < -0.39 is 14.2 Å². The van der Waals surface area contributed by atoms with Crippen LogP contribution in [0.15, 0.2) is 24.1 Å². The smallest absolute Gasteiger partial charge is 0.424 e. The Morgan fingerprint density at radius 1 is 0.714 bits per heavy atom. The molecule has 0 aliphatic rings. The molecule has 0 bridgehead atoms. The standard InChI is InChI=1S/C8H16B2O4/c11-9(12)7-5-3-1-2-4-6-8-10(13)14/h5-8,11-14H,1-4H2/b7-5+,8-6+. The second kappa shape index (κ2) is 9.02. The Kier molecular flexibility index (Phi) is 8.67. The van der Waals surface area contributed by atoms with Gasteiger partial charge in [-0.25, -0.2) is 0 Å². The molecule has 0 rings (SSSR count). The lowest BCUT2D eigenvalue weighted by atomic mass is 9.90. The summed E-state index contributed by atoms with van der Waals surface area (Å²) in [6, 6.07) is 0. The summed E-state index contributed by atoms with van der Waals surface area (Å²) < 4.78 is 0. The number of rotatable bonds is 7. The summed E-state index contributed by atoms with van der Waals surface area (Å²) >= 11 is 0. The predicted molar refractivity (Wildman–Crippen MR) is 57.1 cm³/mol. The Labute approximate surface area is 84.9 Å². The van der Waals surface area contributed by atoms with E-state index in [1.165, 1.54) is 12.0 Å². The lowest BCUT2D eigenvalue weighted by Crippen LogP contribution is -2.05. The van der Waals surface area contributed by atoms with Gasteiger partial charge in [0, 0.05) is 0 Å². The summed E-state index contributed by atoms with van der Waals surface area (Å²) in [4.78, 5) is 0. The Balaban J connectivity index is 3.22. The van der Waals surface area contributed by atoms with Gasteiger partial charge in [-0.1, -0.05) is 24.1 Å². The highest BCUT2D eigenvalue weighted by Crippen LogP contribution is 2.01. The SMILES string of the molecule is OB(O)/C=C/CCCC/C=C/B(O)O. The van der Waals surface area contributed by atoms with Gasteiger partial charge in [0.1, 0.15) is 0 Å². The molecule has 0 saturated heterocycles. The fourth-order valence-electron chi connectivity index (χ4n) is 0.960. The third kappa shape index (κ3) is 11.4. The highest BCUT2D eigenvalue weighted by molar-refractivity contribution is 6.47. The van der Waals surface area contributed by atoms with Gasteiger partial charge in [-0.15, -0.1) is 0 Å². The minimum atomic E-state index is -1.36. The molecule has 4 nitrogen and oxygen atoms in total. The highest BCUT2D eigenvalue weighted by Gasteiger charge is 1.97. The van der Waals surface area contributed by atoms with Gasteiger partial charge in [0.2, 0.25) is 0 Å². The van der Waals surface area contributed by atoms with Crippen LogP contribution < -0.4 is 0 Å². The van der Waals surface area contributed by atoms with Crippen LogP contribution in [0.3, 0.4) is 0 Å². The van der Waals surface area contributed by atoms with Crippen LogP contribution in [-0.2, 0) is 0 Å². The molecule has 0 aromatic rings. The minimum Gasteiger partial charge on any atom is -0.424 e. The lowest BCUT2D eigenvalue weighted by molar-refractivity contribution is 0.422. The van der Waals surface area contributed by atoms with E-state index in [9.17, 15) is 0 Å². The third-order valence-corrected chi connectivity index (χ3v) is 1.61. The summed E-state index contributed by atoms with van der Waals surface area (Å²) in [7, 11) is -2.72. The molecule has 0 amide bonds. The fourth-order valence-corrected chi connectivity index (χ4v) is 0.960. The molecular weight excluding hydrogens is 182 g/mol. The maximum Gasteiger partial charge on any atom is 0.480 e. The topological polar surface area (TPSA) is 80.9 Å². The van der Waals surface area contributed by atoms with E-state index in [1.54, 1.807) is 12.2 Å². The van der Waals surface area contributed by atoms with Gasteiger partial charge < -0.3 is 20.1 Å². The van der Waals surface area contributed by atoms with Gasteiger partial charge in [0.15, 0.2) is 0 Å². The van der Waals surface area contributed by atoms with E-state index in [-0.39, 0.29) is 0 Å². The monoisotopic (exact) mass is 198 g/mol. The third-order valence-electron chi connectivity index (χ3n) is 1.61. The summed E-state index contributed by atoms with van der Waals surface area (Å²) in [5, 5.41) is 33.8. The normalized spacial score (nSPS) is 11.4. The molecule has 6 heteroatoms. The molecule has 14 heavy (non-hydrogen) atoms. The van der Waals surface area contributed by atoms with Crippen LogP contribution in [0.1, 0.15) is 25.7 Å². The Hall–Kier alpha value is -0.550. The molecule has 0 heterocycles. The first-order chi connectivity index (χ1) is 6.63. The number of unbranched alkanes of at least 4 members (excludes halogenated alkanes) is 3. The van der Waals surface area contributed by atoms with Gasteiger partial charge in [-0.3, -0.25) is 0 Å². The van der Waals surface area contributed by atoms with Gasteiger partial charge in [-0.05, 0) is 25.7 Å². The van der Waals surface area contributed by atoms with Crippen LogP contribution >= 0.6 is 0 Å². The molecular formula is C8H16B2O4. The van der Waals surface area contributed by atoms with E-state index >= 15 is 0 Å². The van der Waals surface area contributed by atoms with Gasteiger partial charge >= 0.3 is 14.2 Å². The second-order valence-corrected chi connectivity index (χ2v) is 2.97. The van der Waals surface area contributed by atoms with Crippen LogP contribution in [0.5, 0.6) is 0 Å². The van der Waals surface area contributed by atoms with Crippen molar-refractivity contribution in [2.75, 3.05) is 0 Å². The average Bonchev–Trinajstić information content (AvgIpc) is 2.08. The van der Waals surface area contributed by atoms with Crippen molar-refractivity contribution < 1.29 is 20.1 Å². The van der Waals surface area contributed by atoms with E-state index in [4.69, 9.17) is 20.1 Å². The van der Waals surface area contributed by atoms with E-state index in [2.05, 4.69) is 0 Å². The van der Waals surface area contributed by atoms with Crippen molar-refractivity contribution in [2.24, 2.45) is 0 Å². The molecule has 0 aliphatic carbocycles. The van der Waals surface area contributed by atoms with Gasteiger partial charge in [-0.2, -0.15) is 0 Å². The van der Waals surface area contributed by atoms with Crippen LogP contribution in [-0.4, -0.2) is 34.3 Å². The van der Waals surface area contributed by atoms with E-state index in [0.29, 0.717) is 0 Å². The van der Waals surface area contributed by atoms with Gasteiger partial charge in [0.25, 0.3) is 0 Å². The molecule has 0 atom stereocenters. The molecule has 0 saturated carbocycles. The average molecular weight is 198 g/mol. The van der Waals surface area contributed by atoms with Crippen LogP contribution in [0.25, 0.3) is 0 Å². The minimum absolute atomic E-state index is 0.799. The number of allylic oxidation sites excluding steroid dienone is 2. The quantitative estimate of drug-likeness (QED) is 0.333. The largest absolute Gasteiger partial charge is 0.480 e. The molecule has 0 unspecified atom stereocenters. The molecule has 0 aromatic heterocycles. The zero-order valence-corrected chi connectivity index (χ0v) is 8.08. The zero-order chi connectivity index (χ0) is 10.8. The van der Waals surface area contributed by atoms with Crippen LogP contribution in [0, 0.1) is 0 Å². The van der Waals surface area contributed by atoms with Crippen LogP contribution in [0.4, 0.5) is 0 Å². The van der Waals surface area contributed by atoms with Crippen molar-refractivity contribution in [3.8, 4) is 0 Å². The highest BCUT2D eigenvalue weighted by atomic mass is 16.4. The molecule has 0 radical (unpaired) electrons. The lowest BCUT2D eigenvalue weighted by Gasteiger charge is -1.93. The van der Waals surface area contributed by atoms with E-state index in [0.717, 1.165) is 25.7 Å². The maximum absolute atomic E-state index is 8.46. The number of hydrogen-bond acceptors (Lipinski definition) is 4. The van der Waals surface area contributed by atoms with Crippen LogP contribution in [0.2, 0.25) is 0 Å². The molecule has 78 valence electrons. The molecule has 0 aromatic carbocycles. The molecule has 0 aliphatic heterocycles. The van der Waals surface area contributed by atoms with Crippen molar-refractivity contribution in [3.63, 3.8) is 0 Å². The zero-order valence-electron chi connectivity index (χ0n) is 8.08. The Morgan fingerprint density at radius 2 is 1.07 bits per heavy atom. The summed E-state index contributed by atoms with van der Waals surface area (Å²) in [5.41, 5.74) is 0. The van der Waals surface area contributed by atoms with Crippen molar-refractivity contribution in [3.05, 3.63) is 24.1 Å². The van der Waals surface area contributed by atoms with E-state index in [1.807, 2.05) is 0 Å². The van der Waals surface area contributed by atoms with Crippen molar-refractivity contribution >= 4 is 14.2 Å². The Morgan fingerprint density at radius 3 is 1.36 bits per heavy atom. The summed E-state index contributed by atoms with van der Waals surface area (Å²) in [6.45, 7) is 0. The summed E-state index contributed by atoms with van der Waals surface area (Å²) in [6.07, 6.45) is 6.91. The predicted octanol–water partition coefficient (Wildman–Crippen LogP) is -0.317. The Bertz CT molecular complexity index is 160. The van der Waals surface area contributed by atoms with Crippen molar-refractivity contribution in [2.45, 2.75) is 25.7 Å². The van der Waals surface area contributed by atoms with Crippen molar-refractivity contribution in [1.29, 1.82) is 0 Å².